The zero-order chi connectivity index (χ0) is 12.6. The highest BCUT2D eigenvalue weighted by Crippen LogP contribution is 2.12. The van der Waals surface area contributed by atoms with Gasteiger partial charge in [0.15, 0.2) is 0 Å². The lowest BCUT2D eigenvalue weighted by Crippen LogP contribution is -2.23. The summed E-state index contributed by atoms with van der Waals surface area (Å²) in [6.45, 7) is 11.6. The van der Waals surface area contributed by atoms with Crippen LogP contribution in [0, 0.1) is 0 Å². The average molecular weight is 224 g/mol. The molecule has 0 rings (SSSR count). The van der Waals surface area contributed by atoms with Crippen LogP contribution in [0.15, 0.2) is 24.3 Å². The van der Waals surface area contributed by atoms with Crippen LogP contribution in [0.1, 0.15) is 53.4 Å². The second-order valence-electron chi connectivity index (χ2n) is 4.95. The molecule has 0 atom stereocenters. The minimum Gasteiger partial charge on any atom is -0.460 e. The molecular formula is C14H24O2. The molecule has 0 bridgehead atoms. The van der Waals surface area contributed by atoms with Crippen LogP contribution in [-0.2, 0) is 9.53 Å². The molecule has 0 saturated heterocycles. The number of hydrogen-bond donors (Lipinski definition) is 0. The fraction of sp³-hybridized carbons (Fsp3) is 0.643. The maximum absolute atomic E-state index is 11.4. The number of rotatable bonds is 6. The van der Waals surface area contributed by atoms with E-state index < -0.39 is 0 Å². The van der Waals surface area contributed by atoms with E-state index in [1.807, 2.05) is 39.8 Å². The van der Waals surface area contributed by atoms with E-state index >= 15 is 0 Å². The van der Waals surface area contributed by atoms with Crippen LogP contribution in [0.25, 0.3) is 0 Å². The first-order valence-corrected chi connectivity index (χ1v) is 5.87. The SMILES string of the molecule is C=C(C=CC)CCCCC(=O)OC(C)(C)C. The second-order valence-corrected chi connectivity index (χ2v) is 4.95. The summed E-state index contributed by atoms with van der Waals surface area (Å²) in [5.74, 6) is -0.107. The molecule has 0 amide bonds. The van der Waals surface area contributed by atoms with E-state index in [1.54, 1.807) is 0 Å². The van der Waals surface area contributed by atoms with Gasteiger partial charge in [-0.1, -0.05) is 24.3 Å². The standard InChI is InChI=1S/C14H24O2/c1-6-9-12(2)10-7-8-11-13(15)16-14(3,4)5/h6,9H,2,7-8,10-11H2,1,3-5H3. The first kappa shape index (κ1) is 14.9. The summed E-state index contributed by atoms with van der Waals surface area (Å²) in [7, 11) is 0. The highest BCUT2D eigenvalue weighted by Gasteiger charge is 2.15. The number of esters is 1. The maximum Gasteiger partial charge on any atom is 0.306 e. The Balaban J connectivity index is 3.60. The van der Waals surface area contributed by atoms with Gasteiger partial charge in [-0.25, -0.2) is 0 Å². The topological polar surface area (TPSA) is 26.3 Å². The Kier molecular flexibility index (Phi) is 6.78. The minimum atomic E-state index is -0.369. The Morgan fingerprint density at radius 2 is 1.81 bits per heavy atom. The van der Waals surface area contributed by atoms with Gasteiger partial charge in [0.25, 0.3) is 0 Å². The summed E-state index contributed by atoms with van der Waals surface area (Å²) in [4.78, 5) is 11.4. The van der Waals surface area contributed by atoms with Crippen LogP contribution in [0.2, 0.25) is 0 Å². The van der Waals surface area contributed by atoms with Crippen molar-refractivity contribution in [3.05, 3.63) is 24.3 Å². The number of ether oxygens (including phenoxy) is 1. The van der Waals surface area contributed by atoms with Crippen molar-refractivity contribution in [2.45, 2.75) is 59.0 Å². The quantitative estimate of drug-likeness (QED) is 0.387. The Labute approximate surface area is 99.4 Å². The van der Waals surface area contributed by atoms with Crippen molar-refractivity contribution >= 4 is 5.97 Å². The summed E-state index contributed by atoms with van der Waals surface area (Å²) in [6, 6.07) is 0. The lowest BCUT2D eigenvalue weighted by Gasteiger charge is -2.19. The van der Waals surface area contributed by atoms with Crippen molar-refractivity contribution in [1.29, 1.82) is 0 Å². The molecule has 0 aliphatic rings. The fourth-order valence-electron chi connectivity index (χ4n) is 1.33. The molecule has 0 aliphatic carbocycles. The van der Waals surface area contributed by atoms with Gasteiger partial charge in [-0.05, 0) is 47.0 Å². The zero-order valence-corrected chi connectivity index (χ0v) is 11.0. The van der Waals surface area contributed by atoms with Crippen LogP contribution >= 0.6 is 0 Å². The molecule has 0 N–H and O–H groups in total. The van der Waals surface area contributed by atoms with Gasteiger partial charge in [0.05, 0.1) is 0 Å². The number of carbonyl (C=O) groups excluding carboxylic acids is 1. The summed E-state index contributed by atoms with van der Waals surface area (Å²) in [5, 5.41) is 0. The third-order valence-electron chi connectivity index (χ3n) is 1.95. The Morgan fingerprint density at radius 1 is 1.25 bits per heavy atom. The van der Waals surface area contributed by atoms with E-state index in [4.69, 9.17) is 4.74 Å². The molecule has 0 heterocycles. The molecule has 2 nitrogen and oxygen atoms in total. The predicted octanol–water partition coefficient (Wildman–Crippen LogP) is 4.02. The van der Waals surface area contributed by atoms with E-state index in [9.17, 15) is 4.79 Å². The van der Waals surface area contributed by atoms with Gasteiger partial charge in [0.2, 0.25) is 0 Å². The third-order valence-corrected chi connectivity index (χ3v) is 1.95. The number of carbonyl (C=O) groups is 1. The summed E-state index contributed by atoms with van der Waals surface area (Å²) in [6.07, 6.45) is 7.30. The van der Waals surface area contributed by atoms with Gasteiger partial charge < -0.3 is 4.74 Å². The molecule has 0 aromatic heterocycles. The van der Waals surface area contributed by atoms with Gasteiger partial charge >= 0.3 is 5.97 Å². The van der Waals surface area contributed by atoms with Crippen molar-refractivity contribution in [1.82, 2.24) is 0 Å². The average Bonchev–Trinajstić information content (AvgIpc) is 2.10. The van der Waals surface area contributed by atoms with Crippen LogP contribution in [-0.4, -0.2) is 11.6 Å². The molecular weight excluding hydrogens is 200 g/mol. The Hall–Kier alpha value is -1.05. The number of hydrogen-bond acceptors (Lipinski definition) is 2. The van der Waals surface area contributed by atoms with Crippen LogP contribution in [0.3, 0.4) is 0 Å². The Morgan fingerprint density at radius 3 is 2.31 bits per heavy atom. The fourth-order valence-corrected chi connectivity index (χ4v) is 1.33. The third kappa shape index (κ3) is 9.50. The first-order chi connectivity index (χ1) is 7.35. The zero-order valence-electron chi connectivity index (χ0n) is 11.0. The van der Waals surface area contributed by atoms with E-state index in [0.717, 1.165) is 24.8 Å². The molecule has 2 heteroatoms. The van der Waals surface area contributed by atoms with E-state index in [2.05, 4.69) is 6.58 Å². The predicted molar refractivity (Wildman–Crippen MR) is 68.3 cm³/mol. The van der Waals surface area contributed by atoms with Crippen molar-refractivity contribution in [2.24, 2.45) is 0 Å². The molecule has 0 aromatic carbocycles. The van der Waals surface area contributed by atoms with Gasteiger partial charge in [-0.2, -0.15) is 0 Å². The lowest BCUT2D eigenvalue weighted by molar-refractivity contribution is -0.154. The van der Waals surface area contributed by atoms with Crippen LogP contribution in [0.4, 0.5) is 0 Å². The summed E-state index contributed by atoms with van der Waals surface area (Å²) >= 11 is 0. The molecule has 0 fully saturated rings. The second kappa shape index (κ2) is 7.26. The minimum absolute atomic E-state index is 0.107. The lowest BCUT2D eigenvalue weighted by atomic mass is 10.1. The van der Waals surface area contributed by atoms with Crippen molar-refractivity contribution < 1.29 is 9.53 Å². The number of unbranched alkanes of at least 4 members (excludes halogenated alkanes) is 1. The van der Waals surface area contributed by atoms with E-state index in [0.29, 0.717) is 6.42 Å². The molecule has 0 aromatic rings. The molecule has 16 heavy (non-hydrogen) atoms. The molecule has 0 aliphatic heterocycles. The van der Waals surface area contributed by atoms with Gasteiger partial charge in [0, 0.05) is 6.42 Å². The summed E-state index contributed by atoms with van der Waals surface area (Å²) in [5.41, 5.74) is 0.748. The van der Waals surface area contributed by atoms with E-state index in [-0.39, 0.29) is 11.6 Å². The molecule has 92 valence electrons. The Bertz CT molecular complexity index is 256. The highest BCUT2D eigenvalue weighted by atomic mass is 16.6. The smallest absolute Gasteiger partial charge is 0.306 e. The number of allylic oxidation sites excluding steroid dienone is 3. The van der Waals surface area contributed by atoms with E-state index in [1.165, 1.54) is 0 Å². The monoisotopic (exact) mass is 224 g/mol. The summed E-state index contributed by atoms with van der Waals surface area (Å²) < 4.78 is 5.22. The van der Waals surface area contributed by atoms with Crippen molar-refractivity contribution in [3.63, 3.8) is 0 Å². The van der Waals surface area contributed by atoms with Crippen LogP contribution < -0.4 is 0 Å². The van der Waals surface area contributed by atoms with Crippen molar-refractivity contribution in [3.8, 4) is 0 Å². The first-order valence-electron chi connectivity index (χ1n) is 5.87. The molecule has 0 unspecified atom stereocenters. The van der Waals surface area contributed by atoms with Gasteiger partial charge in [0.1, 0.15) is 5.60 Å². The molecule has 0 spiro atoms. The highest BCUT2D eigenvalue weighted by molar-refractivity contribution is 5.69. The largest absolute Gasteiger partial charge is 0.460 e. The van der Waals surface area contributed by atoms with Gasteiger partial charge in [-0.15, -0.1) is 0 Å². The molecule has 0 saturated carbocycles. The maximum atomic E-state index is 11.4. The normalized spacial score (nSPS) is 11.8. The van der Waals surface area contributed by atoms with Gasteiger partial charge in [-0.3, -0.25) is 4.79 Å². The molecule has 0 radical (unpaired) electrons. The van der Waals surface area contributed by atoms with Crippen molar-refractivity contribution in [2.75, 3.05) is 0 Å². The van der Waals surface area contributed by atoms with Crippen LogP contribution in [0.5, 0.6) is 0 Å².